The fourth-order valence-electron chi connectivity index (χ4n) is 6.39. The molecular formula is C49H84N2O5. The van der Waals surface area contributed by atoms with Gasteiger partial charge in [-0.25, -0.2) is 4.79 Å². The Kier molecular flexibility index (Phi) is 40.5. The van der Waals surface area contributed by atoms with E-state index in [1.54, 1.807) is 0 Å². The fourth-order valence-corrected chi connectivity index (χ4v) is 6.39. The minimum Gasteiger partial charge on any atom is -0.480 e. The van der Waals surface area contributed by atoms with E-state index in [9.17, 15) is 19.5 Å². The van der Waals surface area contributed by atoms with Gasteiger partial charge in [-0.3, -0.25) is 9.59 Å². The quantitative estimate of drug-likeness (QED) is 0.0324. The molecule has 0 aromatic carbocycles. The van der Waals surface area contributed by atoms with Gasteiger partial charge < -0.3 is 20.9 Å². The number of carbonyl (C=O) groups is 3. The number of unbranched alkanes of at least 4 members (excludes halogenated alkanes) is 14. The molecule has 4 N–H and O–H groups in total. The third-order valence-corrected chi connectivity index (χ3v) is 9.79. The lowest BCUT2D eigenvalue weighted by molar-refractivity contribution is -0.150. The van der Waals surface area contributed by atoms with Crippen molar-refractivity contribution in [2.24, 2.45) is 5.73 Å². The van der Waals surface area contributed by atoms with Gasteiger partial charge in [0.05, 0.1) is 0 Å². The van der Waals surface area contributed by atoms with E-state index in [0.717, 1.165) is 122 Å². The van der Waals surface area contributed by atoms with Gasteiger partial charge in [0.15, 0.2) is 0 Å². The molecule has 0 aliphatic heterocycles. The zero-order chi connectivity index (χ0) is 41.0. The monoisotopic (exact) mass is 781 g/mol. The molecular weight excluding hydrogens is 697 g/mol. The van der Waals surface area contributed by atoms with E-state index >= 15 is 0 Å². The van der Waals surface area contributed by atoms with Gasteiger partial charge in [0.2, 0.25) is 5.91 Å². The molecule has 0 aliphatic carbocycles. The van der Waals surface area contributed by atoms with E-state index in [1.807, 2.05) is 0 Å². The zero-order valence-electron chi connectivity index (χ0n) is 36.0. The first-order valence-corrected chi connectivity index (χ1v) is 22.8. The van der Waals surface area contributed by atoms with Gasteiger partial charge >= 0.3 is 11.9 Å². The summed E-state index contributed by atoms with van der Waals surface area (Å²) in [5.41, 5.74) is 5.48. The number of esters is 1. The van der Waals surface area contributed by atoms with E-state index in [0.29, 0.717) is 32.2 Å². The topological polar surface area (TPSA) is 119 Å². The number of nitrogens with one attached hydrogen (secondary N) is 1. The smallest absolute Gasteiger partial charge is 0.326 e. The minimum absolute atomic E-state index is 0.00139. The number of carboxylic acid groups (broad SMARTS) is 1. The molecule has 7 nitrogen and oxygen atoms in total. The normalized spacial score (nSPS) is 13.3. The molecule has 0 saturated carbocycles. The Hall–Kier alpha value is -3.19. The summed E-state index contributed by atoms with van der Waals surface area (Å²) in [6.07, 6.45) is 55.3. The van der Waals surface area contributed by atoms with Crippen LogP contribution in [0, 0.1) is 0 Å². The summed E-state index contributed by atoms with van der Waals surface area (Å²) < 4.78 is 6.01. The average Bonchev–Trinajstić information content (AvgIpc) is 3.18. The minimum atomic E-state index is -1.01. The molecule has 0 heterocycles. The SMILES string of the molecule is CC/C=C\C/C=C\C/C=C\C/C=C\C/C=C\C/C=C\CCCCCCC(=O)OC(CCCCCCCCC)CCCCCCCC(=O)NC(CCCN)C(=O)O. The number of rotatable bonds is 40. The average molecular weight is 781 g/mol. The Labute approximate surface area is 343 Å². The molecule has 0 fully saturated rings. The standard InChI is InChI=1S/C49H84N2O5/c1-3-5-7-9-11-12-13-14-15-16-17-18-19-20-21-22-23-24-25-26-28-33-37-43-48(53)56-45(39-34-30-27-10-8-6-4-2)40-35-31-29-32-36-42-47(52)51-46(49(54)55)41-38-44-50/h5,7,11-12,14-15,17-18,20-21,23-24,45-46H,3-4,6,8-10,13,16,19,22,25-44,50H2,1-2H3,(H,51,52)(H,54,55)/b7-5-,12-11-,15-14-,18-17-,21-20-,24-23-. The van der Waals surface area contributed by atoms with Gasteiger partial charge in [-0.1, -0.05) is 157 Å². The summed E-state index contributed by atoms with van der Waals surface area (Å²) in [7, 11) is 0. The van der Waals surface area contributed by atoms with Crippen LogP contribution in [0.25, 0.3) is 0 Å². The zero-order valence-corrected chi connectivity index (χ0v) is 36.0. The summed E-state index contributed by atoms with van der Waals surface area (Å²) in [5.74, 6) is -1.26. The van der Waals surface area contributed by atoms with Crippen molar-refractivity contribution >= 4 is 17.8 Å². The highest BCUT2D eigenvalue weighted by Crippen LogP contribution is 2.18. The van der Waals surface area contributed by atoms with Gasteiger partial charge in [0, 0.05) is 12.8 Å². The maximum atomic E-state index is 12.8. The maximum Gasteiger partial charge on any atom is 0.326 e. The van der Waals surface area contributed by atoms with Crippen LogP contribution in [0.2, 0.25) is 0 Å². The second-order valence-electron chi connectivity index (χ2n) is 15.1. The van der Waals surface area contributed by atoms with Crippen LogP contribution < -0.4 is 11.1 Å². The Morgan fingerprint density at radius 1 is 0.536 bits per heavy atom. The van der Waals surface area contributed by atoms with Gasteiger partial charge in [0.25, 0.3) is 0 Å². The fraction of sp³-hybridized carbons (Fsp3) is 0.694. The third kappa shape index (κ3) is 39.1. The first-order valence-electron chi connectivity index (χ1n) is 22.8. The number of ether oxygens (including phenoxy) is 1. The van der Waals surface area contributed by atoms with Crippen molar-refractivity contribution in [1.82, 2.24) is 5.32 Å². The summed E-state index contributed by atoms with van der Waals surface area (Å²) in [5, 5.41) is 11.9. The Morgan fingerprint density at radius 3 is 1.48 bits per heavy atom. The molecule has 0 aromatic rings. The molecule has 56 heavy (non-hydrogen) atoms. The summed E-state index contributed by atoms with van der Waals surface area (Å²) in [4.78, 5) is 36.3. The Bertz CT molecular complexity index is 1110. The Morgan fingerprint density at radius 2 is 0.982 bits per heavy atom. The van der Waals surface area contributed by atoms with E-state index in [4.69, 9.17) is 10.5 Å². The van der Waals surface area contributed by atoms with Crippen LogP contribution in [-0.2, 0) is 19.1 Å². The maximum absolute atomic E-state index is 12.8. The van der Waals surface area contributed by atoms with Crippen molar-refractivity contribution in [2.45, 2.75) is 212 Å². The highest BCUT2D eigenvalue weighted by atomic mass is 16.5. The van der Waals surface area contributed by atoms with Crippen molar-refractivity contribution in [1.29, 1.82) is 0 Å². The first kappa shape index (κ1) is 52.8. The number of carboxylic acids is 1. The predicted molar refractivity (Wildman–Crippen MR) is 239 cm³/mol. The summed E-state index contributed by atoms with van der Waals surface area (Å²) in [6, 6.07) is -0.860. The molecule has 320 valence electrons. The van der Waals surface area contributed by atoms with Gasteiger partial charge in [-0.05, 0) is 109 Å². The van der Waals surface area contributed by atoms with Crippen LogP contribution in [-0.4, -0.2) is 41.6 Å². The van der Waals surface area contributed by atoms with Gasteiger partial charge in [0.1, 0.15) is 12.1 Å². The van der Waals surface area contributed by atoms with Crippen molar-refractivity contribution < 1.29 is 24.2 Å². The molecule has 0 radical (unpaired) electrons. The van der Waals surface area contributed by atoms with Crippen LogP contribution >= 0.6 is 0 Å². The third-order valence-electron chi connectivity index (χ3n) is 9.79. The molecule has 0 saturated heterocycles. The molecule has 0 bridgehead atoms. The van der Waals surface area contributed by atoms with Crippen molar-refractivity contribution in [3.8, 4) is 0 Å². The number of carbonyl (C=O) groups excluding carboxylic acids is 2. The highest BCUT2D eigenvalue weighted by molar-refractivity contribution is 5.83. The molecule has 0 aromatic heterocycles. The van der Waals surface area contributed by atoms with Crippen LogP contribution in [0.15, 0.2) is 72.9 Å². The molecule has 0 aliphatic rings. The molecule has 1 amide bonds. The Balaban J connectivity index is 4.18. The predicted octanol–water partition coefficient (Wildman–Crippen LogP) is 13.1. The van der Waals surface area contributed by atoms with Gasteiger partial charge in [-0.2, -0.15) is 0 Å². The lowest BCUT2D eigenvalue weighted by atomic mass is 10.0. The van der Waals surface area contributed by atoms with E-state index in [2.05, 4.69) is 92.1 Å². The van der Waals surface area contributed by atoms with Crippen molar-refractivity contribution in [2.75, 3.05) is 6.54 Å². The molecule has 7 heteroatoms. The van der Waals surface area contributed by atoms with Crippen LogP contribution in [0.3, 0.4) is 0 Å². The van der Waals surface area contributed by atoms with Crippen LogP contribution in [0.4, 0.5) is 0 Å². The van der Waals surface area contributed by atoms with E-state index < -0.39 is 12.0 Å². The molecule has 0 rings (SSSR count). The van der Waals surface area contributed by atoms with Crippen molar-refractivity contribution in [3.05, 3.63) is 72.9 Å². The number of nitrogens with two attached hydrogens (primary N) is 1. The number of allylic oxidation sites excluding steroid dienone is 12. The lowest BCUT2D eigenvalue weighted by Gasteiger charge is -2.18. The van der Waals surface area contributed by atoms with E-state index in [-0.39, 0.29) is 18.0 Å². The number of amides is 1. The van der Waals surface area contributed by atoms with Crippen LogP contribution in [0.1, 0.15) is 200 Å². The molecule has 0 spiro atoms. The summed E-state index contributed by atoms with van der Waals surface area (Å²) >= 11 is 0. The van der Waals surface area contributed by atoms with Crippen LogP contribution in [0.5, 0.6) is 0 Å². The number of hydrogen-bond acceptors (Lipinski definition) is 5. The van der Waals surface area contributed by atoms with Crippen molar-refractivity contribution in [3.63, 3.8) is 0 Å². The summed E-state index contributed by atoms with van der Waals surface area (Å²) in [6.45, 7) is 4.81. The highest BCUT2D eigenvalue weighted by Gasteiger charge is 2.19. The van der Waals surface area contributed by atoms with Gasteiger partial charge in [-0.15, -0.1) is 0 Å². The van der Waals surface area contributed by atoms with E-state index in [1.165, 1.54) is 38.5 Å². The number of aliphatic carboxylic acids is 1. The lowest BCUT2D eigenvalue weighted by Crippen LogP contribution is -2.40. The second-order valence-corrected chi connectivity index (χ2v) is 15.1. The molecule has 2 unspecified atom stereocenters. The number of hydrogen-bond donors (Lipinski definition) is 3. The second kappa shape index (κ2) is 42.9. The first-order chi connectivity index (χ1) is 27.4. The largest absolute Gasteiger partial charge is 0.480 e. The molecule has 2 atom stereocenters.